The fourth-order valence-electron chi connectivity index (χ4n) is 4.35. The molecule has 2 aromatic heterocycles. The predicted molar refractivity (Wildman–Crippen MR) is 107 cm³/mol. The smallest absolute Gasteiger partial charge is 0.233 e. The Morgan fingerprint density at radius 1 is 1.33 bits per heavy atom. The van der Waals surface area contributed by atoms with E-state index in [2.05, 4.69) is 22.2 Å². The first kappa shape index (κ1) is 18.5. The average molecular weight is 386 g/mol. The molecule has 27 heavy (non-hydrogen) atoms. The Bertz CT molecular complexity index is 850. The number of carbonyl (C=O) groups excluding carboxylic acids is 1. The Labute approximate surface area is 164 Å². The molecule has 4 heterocycles. The first-order valence-corrected chi connectivity index (χ1v) is 10.6. The van der Waals surface area contributed by atoms with Gasteiger partial charge in [-0.3, -0.25) is 14.6 Å². The highest BCUT2D eigenvalue weighted by molar-refractivity contribution is 7.07. The first-order chi connectivity index (χ1) is 12.9. The molecule has 0 saturated carbocycles. The molecule has 0 bridgehead atoms. The minimum absolute atomic E-state index is 0.109. The maximum atomic E-state index is 12.5. The topological polar surface area (TPSA) is 62.2 Å². The Hall–Kier alpha value is -1.86. The second-order valence-corrected chi connectivity index (χ2v) is 9.04. The third-order valence-electron chi connectivity index (χ3n) is 5.72. The van der Waals surface area contributed by atoms with Crippen molar-refractivity contribution in [3.8, 4) is 0 Å². The average Bonchev–Trinajstić information content (AvgIpc) is 3.22. The highest BCUT2D eigenvalue weighted by Crippen LogP contribution is 2.37. The monoisotopic (exact) mass is 385 g/mol. The Morgan fingerprint density at radius 3 is 2.85 bits per heavy atom. The molecule has 0 N–H and O–H groups in total. The van der Waals surface area contributed by atoms with Gasteiger partial charge in [0.1, 0.15) is 11.6 Å². The van der Waals surface area contributed by atoms with E-state index in [4.69, 9.17) is 9.97 Å². The summed E-state index contributed by atoms with van der Waals surface area (Å²) in [5, 5.41) is 2.12. The van der Waals surface area contributed by atoms with Gasteiger partial charge in [0, 0.05) is 41.2 Å². The molecule has 1 fully saturated rings. The molecule has 1 saturated heterocycles. The minimum atomic E-state index is -0.109. The lowest BCUT2D eigenvalue weighted by Crippen LogP contribution is -2.45. The molecule has 0 aliphatic carbocycles. The number of nitrogens with zero attached hydrogens (tertiary/aromatic N) is 5. The van der Waals surface area contributed by atoms with Crippen molar-refractivity contribution in [3.05, 3.63) is 33.7 Å². The number of amides is 1. The number of thiazole rings is 1. The van der Waals surface area contributed by atoms with E-state index in [-0.39, 0.29) is 17.4 Å². The van der Waals surface area contributed by atoms with Crippen LogP contribution in [0.1, 0.15) is 56.4 Å². The molecule has 4 rings (SSSR count). The summed E-state index contributed by atoms with van der Waals surface area (Å²) < 4.78 is 0. The van der Waals surface area contributed by atoms with Gasteiger partial charge in [-0.05, 0) is 40.2 Å². The van der Waals surface area contributed by atoms with E-state index in [1.54, 1.807) is 11.3 Å². The molecular formula is C20H27N5OS. The van der Waals surface area contributed by atoms with E-state index < -0.39 is 0 Å². The summed E-state index contributed by atoms with van der Waals surface area (Å²) in [6.07, 6.45) is 2.60. The van der Waals surface area contributed by atoms with Crippen LogP contribution in [0.5, 0.6) is 0 Å². The zero-order valence-electron chi connectivity index (χ0n) is 16.5. The summed E-state index contributed by atoms with van der Waals surface area (Å²) >= 11 is 1.64. The maximum Gasteiger partial charge on any atom is 0.233 e. The summed E-state index contributed by atoms with van der Waals surface area (Å²) in [4.78, 5) is 31.0. The molecule has 144 valence electrons. The van der Waals surface area contributed by atoms with Crippen molar-refractivity contribution in [3.63, 3.8) is 0 Å². The van der Waals surface area contributed by atoms with Crippen LogP contribution in [-0.4, -0.2) is 44.9 Å². The lowest BCUT2D eigenvalue weighted by molar-refractivity contribution is -0.117. The summed E-state index contributed by atoms with van der Waals surface area (Å²) in [6.45, 7) is 11.2. The quantitative estimate of drug-likeness (QED) is 0.809. The zero-order chi connectivity index (χ0) is 19.2. The SMILES string of the molecule is Cc1nc([C@]2(C)CCCN(Cc3cscn3)C2)nc2c1CC(=O)N2C(C)C. The predicted octanol–water partition coefficient (Wildman–Crippen LogP) is 3.09. The minimum Gasteiger partial charge on any atom is -0.296 e. The highest BCUT2D eigenvalue weighted by atomic mass is 32.1. The number of rotatable bonds is 4. The van der Waals surface area contributed by atoms with Gasteiger partial charge in [-0.15, -0.1) is 11.3 Å². The van der Waals surface area contributed by atoms with Crippen molar-refractivity contribution in [2.45, 2.75) is 65.0 Å². The molecule has 0 radical (unpaired) electrons. The molecule has 2 aliphatic rings. The van der Waals surface area contributed by atoms with Crippen molar-refractivity contribution in [1.82, 2.24) is 19.9 Å². The van der Waals surface area contributed by atoms with Gasteiger partial charge in [0.05, 0.1) is 17.6 Å². The van der Waals surface area contributed by atoms with E-state index in [0.717, 1.165) is 61.1 Å². The number of anilines is 1. The van der Waals surface area contributed by atoms with Crippen LogP contribution >= 0.6 is 11.3 Å². The van der Waals surface area contributed by atoms with Crippen molar-refractivity contribution in [1.29, 1.82) is 0 Å². The van der Waals surface area contributed by atoms with Crippen LogP contribution in [0.25, 0.3) is 0 Å². The van der Waals surface area contributed by atoms with Crippen molar-refractivity contribution >= 4 is 23.1 Å². The number of hydrogen-bond donors (Lipinski definition) is 0. The van der Waals surface area contributed by atoms with Crippen LogP contribution < -0.4 is 4.90 Å². The number of likely N-dealkylation sites (tertiary alicyclic amines) is 1. The third kappa shape index (κ3) is 3.38. The summed E-state index contributed by atoms with van der Waals surface area (Å²) in [5.41, 5.74) is 4.86. The fourth-order valence-corrected chi connectivity index (χ4v) is 4.90. The highest BCUT2D eigenvalue weighted by Gasteiger charge is 2.39. The second-order valence-electron chi connectivity index (χ2n) is 8.32. The summed E-state index contributed by atoms with van der Waals surface area (Å²) in [7, 11) is 0. The first-order valence-electron chi connectivity index (χ1n) is 9.67. The molecule has 6 nitrogen and oxygen atoms in total. The van der Waals surface area contributed by atoms with Crippen LogP contribution in [0.3, 0.4) is 0 Å². The summed E-state index contributed by atoms with van der Waals surface area (Å²) in [6, 6.07) is 0.112. The van der Waals surface area contributed by atoms with Crippen molar-refractivity contribution in [2.24, 2.45) is 0 Å². The second kappa shape index (κ2) is 6.95. The van der Waals surface area contributed by atoms with Gasteiger partial charge in [-0.25, -0.2) is 15.0 Å². The summed E-state index contributed by atoms with van der Waals surface area (Å²) in [5.74, 6) is 1.84. The maximum absolute atomic E-state index is 12.5. The van der Waals surface area contributed by atoms with Crippen LogP contribution in [0.15, 0.2) is 10.9 Å². The molecule has 0 aromatic carbocycles. The van der Waals surface area contributed by atoms with Gasteiger partial charge in [0.2, 0.25) is 5.91 Å². The van der Waals surface area contributed by atoms with Gasteiger partial charge in [-0.2, -0.15) is 0 Å². The van der Waals surface area contributed by atoms with Gasteiger partial charge < -0.3 is 0 Å². The molecule has 2 aliphatic heterocycles. The van der Waals surface area contributed by atoms with Gasteiger partial charge in [0.15, 0.2) is 0 Å². The normalized spacial score (nSPS) is 23.3. The number of hydrogen-bond acceptors (Lipinski definition) is 6. The van der Waals surface area contributed by atoms with Crippen LogP contribution in [0.4, 0.5) is 5.82 Å². The molecule has 7 heteroatoms. The van der Waals surface area contributed by atoms with E-state index in [9.17, 15) is 4.79 Å². The molecular weight excluding hydrogens is 358 g/mol. The molecule has 1 amide bonds. The largest absolute Gasteiger partial charge is 0.296 e. The van der Waals surface area contributed by atoms with Crippen LogP contribution in [0.2, 0.25) is 0 Å². The Kier molecular flexibility index (Phi) is 4.76. The third-order valence-corrected chi connectivity index (χ3v) is 6.35. The van der Waals surface area contributed by atoms with Crippen LogP contribution in [0, 0.1) is 6.92 Å². The van der Waals surface area contributed by atoms with Crippen molar-refractivity contribution < 1.29 is 4.79 Å². The number of piperidine rings is 1. The molecule has 1 atom stereocenters. The Balaban J connectivity index is 1.64. The molecule has 0 unspecified atom stereocenters. The van der Waals surface area contributed by atoms with Crippen LogP contribution in [-0.2, 0) is 23.2 Å². The number of aromatic nitrogens is 3. The fraction of sp³-hybridized carbons (Fsp3) is 0.600. The van der Waals surface area contributed by atoms with E-state index in [1.165, 1.54) is 0 Å². The van der Waals surface area contributed by atoms with Crippen molar-refractivity contribution in [2.75, 3.05) is 18.0 Å². The zero-order valence-corrected chi connectivity index (χ0v) is 17.3. The molecule has 0 spiro atoms. The number of carbonyl (C=O) groups is 1. The van der Waals surface area contributed by atoms with Gasteiger partial charge in [-0.1, -0.05) is 6.92 Å². The number of fused-ring (bicyclic) bond motifs is 1. The van der Waals surface area contributed by atoms with E-state index in [0.29, 0.717) is 6.42 Å². The van der Waals surface area contributed by atoms with E-state index >= 15 is 0 Å². The Morgan fingerprint density at radius 2 is 2.15 bits per heavy atom. The lowest BCUT2D eigenvalue weighted by atomic mass is 9.80. The van der Waals surface area contributed by atoms with E-state index in [1.807, 2.05) is 31.2 Å². The standard InChI is InChI=1S/C20H27N5OS/c1-13(2)25-17(26)8-16-14(3)22-19(23-18(16)25)20(4)6-5-7-24(11-20)9-15-10-27-12-21-15/h10,12-13H,5-9,11H2,1-4H3/t20-/m1/s1. The lowest BCUT2D eigenvalue weighted by Gasteiger charge is -2.39. The van der Waals surface area contributed by atoms with Gasteiger partial charge in [0.25, 0.3) is 0 Å². The number of aryl methyl sites for hydroxylation is 1. The molecule has 2 aromatic rings. The van der Waals surface area contributed by atoms with Gasteiger partial charge >= 0.3 is 0 Å².